The third kappa shape index (κ3) is 7.06. The van der Waals surface area contributed by atoms with Crippen LogP contribution in [0, 0.1) is 0 Å². The van der Waals surface area contributed by atoms with E-state index in [1.165, 1.54) is 6.42 Å². The average Bonchev–Trinajstić information content (AvgIpc) is 2.43. The molecule has 0 aromatic carbocycles. The van der Waals surface area contributed by atoms with Gasteiger partial charge in [0.2, 0.25) is 0 Å². The molecular weight excluding hydrogens is 236 g/mol. The average molecular weight is 260 g/mol. The van der Waals surface area contributed by atoms with E-state index in [1.807, 2.05) is 0 Å². The van der Waals surface area contributed by atoms with Crippen LogP contribution in [0.15, 0.2) is 0 Å². The van der Waals surface area contributed by atoms with Gasteiger partial charge in [-0.2, -0.15) is 0 Å². The van der Waals surface area contributed by atoms with Gasteiger partial charge in [-0.05, 0) is 38.5 Å². The van der Waals surface area contributed by atoms with Crippen molar-refractivity contribution in [1.82, 2.24) is 0 Å². The molecule has 2 atom stereocenters. The van der Waals surface area contributed by atoms with Gasteiger partial charge in [0, 0.05) is 20.3 Å². The van der Waals surface area contributed by atoms with Crippen LogP contribution in [0.3, 0.4) is 0 Å². The molecule has 1 aliphatic rings. The van der Waals surface area contributed by atoms with E-state index in [2.05, 4.69) is 0 Å². The molecule has 106 valence electrons. The first kappa shape index (κ1) is 15.6. The first-order valence-electron chi connectivity index (χ1n) is 6.66. The molecule has 1 fully saturated rings. The zero-order chi connectivity index (χ0) is 13.1. The number of unbranched alkanes of at least 4 members (excludes halogenated alkanes) is 1. The highest BCUT2D eigenvalue weighted by molar-refractivity contribution is 5.55. The Morgan fingerprint density at radius 1 is 1.39 bits per heavy atom. The van der Waals surface area contributed by atoms with Crippen LogP contribution in [0.1, 0.15) is 38.5 Å². The van der Waals surface area contributed by atoms with Crippen LogP contribution in [-0.2, 0) is 23.7 Å². The summed E-state index contributed by atoms with van der Waals surface area (Å²) in [4.78, 5) is 10.7. The summed E-state index contributed by atoms with van der Waals surface area (Å²) in [5.41, 5.74) is 0. The van der Waals surface area contributed by atoms with E-state index in [0.717, 1.165) is 38.6 Å². The van der Waals surface area contributed by atoms with Crippen LogP contribution in [0.4, 0.5) is 0 Å². The van der Waals surface area contributed by atoms with Crippen molar-refractivity contribution in [3.05, 3.63) is 0 Å². The highest BCUT2D eigenvalue weighted by Crippen LogP contribution is 2.14. The molecule has 1 aliphatic heterocycles. The molecule has 0 bridgehead atoms. The largest absolute Gasteiger partial charge is 0.359 e. The topological polar surface area (TPSA) is 54.0 Å². The molecule has 0 amide bonds. The van der Waals surface area contributed by atoms with Crippen molar-refractivity contribution in [3.63, 3.8) is 0 Å². The van der Waals surface area contributed by atoms with Crippen molar-refractivity contribution in [3.8, 4) is 0 Å². The molecule has 0 aliphatic carbocycles. The molecule has 0 spiro atoms. The molecule has 5 heteroatoms. The standard InChI is InChI=1S/C13H24O5/c1-15-11-18-12(10-14)6-2-4-8-16-13-7-3-5-9-17-13/h10,12-13H,2-9,11H2,1H3/t12-,13?/m1/s1. The number of carbonyl (C=O) groups is 1. The fourth-order valence-electron chi connectivity index (χ4n) is 1.85. The molecule has 5 nitrogen and oxygen atoms in total. The van der Waals surface area contributed by atoms with E-state index in [-0.39, 0.29) is 19.2 Å². The maximum Gasteiger partial charge on any atom is 0.157 e. The molecular formula is C13H24O5. The fraction of sp³-hybridized carbons (Fsp3) is 0.923. The number of carbonyl (C=O) groups excluding carboxylic acids is 1. The molecule has 0 aromatic rings. The van der Waals surface area contributed by atoms with Crippen LogP contribution >= 0.6 is 0 Å². The molecule has 1 unspecified atom stereocenters. The van der Waals surface area contributed by atoms with Crippen molar-refractivity contribution in [1.29, 1.82) is 0 Å². The van der Waals surface area contributed by atoms with Crippen molar-refractivity contribution in [2.75, 3.05) is 27.1 Å². The van der Waals surface area contributed by atoms with Crippen molar-refractivity contribution in [2.24, 2.45) is 0 Å². The Morgan fingerprint density at radius 2 is 2.28 bits per heavy atom. The minimum atomic E-state index is -0.365. The van der Waals surface area contributed by atoms with Gasteiger partial charge in [0.05, 0.1) is 0 Å². The van der Waals surface area contributed by atoms with E-state index >= 15 is 0 Å². The smallest absolute Gasteiger partial charge is 0.157 e. The van der Waals surface area contributed by atoms with Crippen molar-refractivity contribution in [2.45, 2.75) is 50.9 Å². The third-order valence-electron chi connectivity index (χ3n) is 2.88. The summed E-state index contributed by atoms with van der Waals surface area (Å²) in [6.45, 7) is 1.65. The number of methoxy groups -OCH3 is 1. The number of hydrogen-bond donors (Lipinski definition) is 0. The van der Waals surface area contributed by atoms with Crippen LogP contribution in [0.25, 0.3) is 0 Å². The fourth-order valence-corrected chi connectivity index (χ4v) is 1.85. The predicted molar refractivity (Wildman–Crippen MR) is 66.2 cm³/mol. The molecule has 1 heterocycles. The lowest BCUT2D eigenvalue weighted by Crippen LogP contribution is -2.22. The van der Waals surface area contributed by atoms with Gasteiger partial charge in [-0.1, -0.05) is 0 Å². The van der Waals surface area contributed by atoms with Gasteiger partial charge in [0.1, 0.15) is 19.2 Å². The monoisotopic (exact) mass is 260 g/mol. The van der Waals surface area contributed by atoms with Gasteiger partial charge < -0.3 is 23.7 Å². The molecule has 0 N–H and O–H groups in total. The number of rotatable bonds is 10. The normalized spacial score (nSPS) is 21.7. The van der Waals surface area contributed by atoms with Crippen LogP contribution in [-0.4, -0.2) is 45.8 Å². The second kappa shape index (κ2) is 10.4. The van der Waals surface area contributed by atoms with Gasteiger partial charge in [-0.15, -0.1) is 0 Å². The summed E-state index contributed by atoms with van der Waals surface area (Å²) in [7, 11) is 1.54. The molecule has 1 rings (SSSR count). The van der Waals surface area contributed by atoms with E-state index < -0.39 is 0 Å². The van der Waals surface area contributed by atoms with Gasteiger partial charge in [0.25, 0.3) is 0 Å². The lowest BCUT2D eigenvalue weighted by Gasteiger charge is -2.22. The maximum atomic E-state index is 10.7. The molecule has 0 aromatic heterocycles. The predicted octanol–water partition coefficient (Wildman–Crippen LogP) is 1.89. The Hall–Kier alpha value is -0.490. The quantitative estimate of drug-likeness (QED) is 0.341. The summed E-state index contributed by atoms with van der Waals surface area (Å²) in [6.07, 6.45) is 6.28. The van der Waals surface area contributed by atoms with Crippen molar-refractivity contribution >= 4 is 6.29 Å². The van der Waals surface area contributed by atoms with E-state index in [4.69, 9.17) is 18.9 Å². The summed E-state index contributed by atoms with van der Waals surface area (Å²) in [5.74, 6) is 0. The van der Waals surface area contributed by atoms with Crippen LogP contribution < -0.4 is 0 Å². The molecule has 18 heavy (non-hydrogen) atoms. The second-order valence-corrected chi connectivity index (χ2v) is 4.41. The maximum absolute atomic E-state index is 10.7. The Balaban J connectivity index is 1.94. The Kier molecular flexibility index (Phi) is 9.02. The highest BCUT2D eigenvalue weighted by Gasteiger charge is 2.13. The number of ether oxygens (including phenoxy) is 4. The molecule has 0 saturated carbocycles. The van der Waals surface area contributed by atoms with E-state index in [1.54, 1.807) is 7.11 Å². The summed E-state index contributed by atoms with van der Waals surface area (Å²) in [5, 5.41) is 0. The van der Waals surface area contributed by atoms with Gasteiger partial charge >= 0.3 is 0 Å². The minimum absolute atomic E-state index is 0.0228. The Bertz CT molecular complexity index is 204. The minimum Gasteiger partial charge on any atom is -0.359 e. The Labute approximate surface area is 109 Å². The second-order valence-electron chi connectivity index (χ2n) is 4.41. The Morgan fingerprint density at radius 3 is 2.94 bits per heavy atom. The zero-order valence-corrected chi connectivity index (χ0v) is 11.1. The lowest BCUT2D eigenvalue weighted by molar-refractivity contribution is -0.163. The highest BCUT2D eigenvalue weighted by atomic mass is 16.7. The third-order valence-corrected chi connectivity index (χ3v) is 2.88. The summed E-state index contributed by atoms with van der Waals surface area (Å²) < 4.78 is 21.0. The molecule has 0 radical (unpaired) electrons. The van der Waals surface area contributed by atoms with Gasteiger partial charge in [0.15, 0.2) is 6.29 Å². The van der Waals surface area contributed by atoms with Gasteiger partial charge in [-0.25, -0.2) is 0 Å². The molecule has 1 saturated heterocycles. The van der Waals surface area contributed by atoms with Crippen LogP contribution in [0.2, 0.25) is 0 Å². The summed E-state index contributed by atoms with van der Waals surface area (Å²) >= 11 is 0. The van der Waals surface area contributed by atoms with E-state index in [0.29, 0.717) is 13.0 Å². The van der Waals surface area contributed by atoms with Gasteiger partial charge in [-0.3, -0.25) is 0 Å². The number of aldehydes is 1. The SMILES string of the molecule is COCO[C@@H](C=O)CCCCOC1CCCCO1. The first-order chi connectivity index (χ1) is 8.86. The van der Waals surface area contributed by atoms with Crippen LogP contribution in [0.5, 0.6) is 0 Å². The van der Waals surface area contributed by atoms with E-state index in [9.17, 15) is 4.79 Å². The number of hydrogen-bond acceptors (Lipinski definition) is 5. The lowest BCUT2D eigenvalue weighted by atomic mass is 10.2. The zero-order valence-electron chi connectivity index (χ0n) is 11.1. The van der Waals surface area contributed by atoms with Crippen molar-refractivity contribution < 1.29 is 23.7 Å². The summed E-state index contributed by atoms with van der Waals surface area (Å²) in [6, 6.07) is 0. The first-order valence-corrected chi connectivity index (χ1v) is 6.66.